The van der Waals surface area contributed by atoms with Gasteiger partial charge in [0.05, 0.1) is 12.2 Å². The fourth-order valence-corrected chi connectivity index (χ4v) is 3.08. The summed E-state index contributed by atoms with van der Waals surface area (Å²) in [5, 5.41) is 20.2. The molecule has 0 bridgehead atoms. The van der Waals surface area contributed by atoms with Gasteiger partial charge in [0.1, 0.15) is 24.1 Å². The van der Waals surface area contributed by atoms with Crippen molar-refractivity contribution in [2.75, 3.05) is 13.7 Å². The normalized spacial score (nSPS) is 19.2. The number of carbonyl (C=O) groups is 1. The highest BCUT2D eigenvalue weighted by molar-refractivity contribution is 5.94. The number of ether oxygens (including phenoxy) is 1. The molecule has 1 heterocycles. The molecule has 2 aromatic rings. The number of amides is 1. The van der Waals surface area contributed by atoms with Crippen molar-refractivity contribution in [3.8, 4) is 0 Å². The van der Waals surface area contributed by atoms with Crippen LogP contribution in [0, 0.1) is 11.6 Å². The molecule has 26 heavy (non-hydrogen) atoms. The number of carbonyl (C=O) groups excluding carboxylic acids is 1. The summed E-state index contributed by atoms with van der Waals surface area (Å²) in [7, 11) is 1.59. The Morgan fingerprint density at radius 3 is 2.81 bits per heavy atom. The minimum Gasteiger partial charge on any atom is -0.388 e. The maximum Gasteiger partial charge on any atom is 0.254 e. The minimum atomic E-state index is -0.884. The second-order valence-corrected chi connectivity index (χ2v) is 6.24. The molecule has 9 heteroatoms. The van der Waals surface area contributed by atoms with Gasteiger partial charge in [-0.05, 0) is 25.0 Å². The van der Waals surface area contributed by atoms with E-state index >= 15 is 0 Å². The topological polar surface area (TPSA) is 89.3 Å². The summed E-state index contributed by atoms with van der Waals surface area (Å²) in [5.41, 5.74) is -0.180. The van der Waals surface area contributed by atoms with E-state index in [9.17, 15) is 18.7 Å². The summed E-state index contributed by atoms with van der Waals surface area (Å²) in [5.74, 6) is -0.878. The number of halogens is 2. The quantitative estimate of drug-likeness (QED) is 0.773. The lowest BCUT2D eigenvalue weighted by Gasteiger charge is -2.35. The highest BCUT2D eigenvalue weighted by Gasteiger charge is 2.35. The molecule has 0 spiro atoms. The van der Waals surface area contributed by atoms with Crippen LogP contribution in [-0.2, 0) is 17.9 Å². The first-order valence-electron chi connectivity index (χ1n) is 8.31. The van der Waals surface area contributed by atoms with E-state index in [0.717, 1.165) is 18.0 Å². The van der Waals surface area contributed by atoms with E-state index in [1.165, 1.54) is 0 Å². The van der Waals surface area contributed by atoms with Gasteiger partial charge in [-0.2, -0.15) is 0 Å². The predicted molar refractivity (Wildman–Crippen MR) is 87.4 cm³/mol. The second kappa shape index (κ2) is 7.88. The van der Waals surface area contributed by atoms with Gasteiger partial charge < -0.3 is 19.7 Å². The Bertz CT molecular complexity index is 790. The van der Waals surface area contributed by atoms with Crippen molar-refractivity contribution in [2.24, 2.45) is 0 Å². The average molecular weight is 366 g/mol. The van der Waals surface area contributed by atoms with E-state index in [1.807, 2.05) is 4.57 Å². The van der Waals surface area contributed by atoms with Crippen LogP contribution in [0.1, 0.15) is 40.8 Å². The van der Waals surface area contributed by atoms with Crippen molar-refractivity contribution in [2.45, 2.75) is 38.0 Å². The number of nitrogens with one attached hydrogen (secondary N) is 1. The monoisotopic (exact) mass is 366 g/mol. The van der Waals surface area contributed by atoms with Crippen molar-refractivity contribution < 1.29 is 23.4 Å². The lowest BCUT2D eigenvalue weighted by molar-refractivity contribution is 0.0902. The van der Waals surface area contributed by atoms with E-state index in [-0.39, 0.29) is 24.1 Å². The Kier molecular flexibility index (Phi) is 5.58. The van der Waals surface area contributed by atoms with Gasteiger partial charge in [-0.25, -0.2) is 8.78 Å². The minimum absolute atomic E-state index is 0.0861. The number of nitrogens with zero attached hydrogens (tertiary/aromatic N) is 3. The van der Waals surface area contributed by atoms with E-state index in [2.05, 4.69) is 15.5 Å². The van der Waals surface area contributed by atoms with Gasteiger partial charge in [0.25, 0.3) is 5.91 Å². The van der Waals surface area contributed by atoms with E-state index in [1.54, 1.807) is 7.11 Å². The molecule has 1 aromatic heterocycles. The van der Waals surface area contributed by atoms with Crippen LogP contribution in [0.2, 0.25) is 0 Å². The third-order valence-corrected chi connectivity index (χ3v) is 4.53. The first-order valence-corrected chi connectivity index (χ1v) is 8.31. The summed E-state index contributed by atoms with van der Waals surface area (Å²) in [4.78, 5) is 12.1. The van der Waals surface area contributed by atoms with Gasteiger partial charge in [-0.1, -0.05) is 0 Å². The number of rotatable bonds is 7. The molecule has 1 fully saturated rings. The van der Waals surface area contributed by atoms with Crippen molar-refractivity contribution in [3.63, 3.8) is 0 Å². The number of aromatic nitrogens is 3. The average Bonchev–Trinajstić information content (AvgIpc) is 2.97. The smallest absolute Gasteiger partial charge is 0.254 e. The molecule has 0 saturated heterocycles. The fourth-order valence-electron chi connectivity index (χ4n) is 3.08. The van der Waals surface area contributed by atoms with Gasteiger partial charge in [0.2, 0.25) is 0 Å². The van der Waals surface area contributed by atoms with Crippen molar-refractivity contribution in [3.05, 3.63) is 47.0 Å². The number of benzene rings is 1. The largest absolute Gasteiger partial charge is 0.388 e. The Hall–Kier alpha value is -2.39. The van der Waals surface area contributed by atoms with Crippen LogP contribution in [0.4, 0.5) is 8.78 Å². The van der Waals surface area contributed by atoms with Crippen LogP contribution < -0.4 is 5.32 Å². The maximum atomic E-state index is 13.7. The summed E-state index contributed by atoms with van der Waals surface area (Å²) in [6.45, 7) is 0.783. The maximum absolute atomic E-state index is 13.7. The lowest BCUT2D eigenvalue weighted by Crippen LogP contribution is -2.44. The molecule has 1 aromatic carbocycles. The van der Waals surface area contributed by atoms with Gasteiger partial charge in [0.15, 0.2) is 5.82 Å². The van der Waals surface area contributed by atoms with Crippen LogP contribution >= 0.6 is 0 Å². The van der Waals surface area contributed by atoms with Crippen LogP contribution in [0.25, 0.3) is 0 Å². The van der Waals surface area contributed by atoms with Gasteiger partial charge in [0, 0.05) is 31.7 Å². The van der Waals surface area contributed by atoms with Crippen LogP contribution in [-0.4, -0.2) is 45.5 Å². The highest BCUT2D eigenvalue weighted by Crippen LogP contribution is 2.36. The SMILES string of the molecule is COCCn1c(CO)nnc1C1CC(NC(=O)c2ccc(F)cc2F)C1. The fraction of sp³-hybridized carbons (Fsp3) is 0.471. The Morgan fingerprint density at radius 1 is 1.38 bits per heavy atom. The number of hydrogen-bond donors (Lipinski definition) is 2. The zero-order chi connectivity index (χ0) is 18.7. The number of methoxy groups -OCH3 is 1. The van der Waals surface area contributed by atoms with Crippen molar-refractivity contribution >= 4 is 5.91 Å². The molecule has 0 aliphatic heterocycles. The molecular formula is C17H20F2N4O3. The number of aliphatic hydroxyl groups excluding tert-OH is 1. The number of aliphatic hydroxyl groups is 1. The second-order valence-electron chi connectivity index (χ2n) is 6.24. The molecule has 1 aliphatic carbocycles. The first-order chi connectivity index (χ1) is 12.5. The molecular weight excluding hydrogens is 346 g/mol. The van der Waals surface area contributed by atoms with E-state index < -0.39 is 17.5 Å². The highest BCUT2D eigenvalue weighted by atomic mass is 19.1. The number of hydrogen-bond acceptors (Lipinski definition) is 5. The standard InChI is InChI=1S/C17H20F2N4O3/c1-26-5-4-23-15(9-24)21-22-16(23)10-6-12(7-10)20-17(25)13-3-2-11(18)8-14(13)19/h2-3,8,10,12,24H,4-7,9H2,1H3,(H,20,25). The van der Waals surface area contributed by atoms with E-state index in [0.29, 0.717) is 37.9 Å². The molecule has 1 amide bonds. The molecule has 0 unspecified atom stereocenters. The predicted octanol–water partition coefficient (Wildman–Crippen LogP) is 1.37. The molecule has 0 atom stereocenters. The van der Waals surface area contributed by atoms with Crippen LogP contribution in [0.3, 0.4) is 0 Å². The molecule has 140 valence electrons. The molecule has 3 rings (SSSR count). The zero-order valence-corrected chi connectivity index (χ0v) is 14.3. The Morgan fingerprint density at radius 2 is 2.15 bits per heavy atom. The third kappa shape index (κ3) is 3.73. The van der Waals surface area contributed by atoms with Gasteiger partial charge in [-0.15, -0.1) is 10.2 Å². The summed E-state index contributed by atoms with van der Waals surface area (Å²) >= 11 is 0. The van der Waals surface area contributed by atoms with Crippen LogP contribution in [0.5, 0.6) is 0 Å². The van der Waals surface area contributed by atoms with Crippen molar-refractivity contribution in [1.82, 2.24) is 20.1 Å². The molecule has 1 saturated carbocycles. The Balaban J connectivity index is 1.60. The molecule has 0 radical (unpaired) electrons. The lowest BCUT2D eigenvalue weighted by atomic mass is 9.79. The summed E-state index contributed by atoms with van der Waals surface area (Å²) in [6.07, 6.45) is 1.26. The summed E-state index contributed by atoms with van der Waals surface area (Å²) in [6, 6.07) is 2.75. The van der Waals surface area contributed by atoms with Crippen molar-refractivity contribution in [1.29, 1.82) is 0 Å². The first kappa shape index (κ1) is 18.4. The van der Waals surface area contributed by atoms with Gasteiger partial charge >= 0.3 is 0 Å². The third-order valence-electron chi connectivity index (χ3n) is 4.53. The van der Waals surface area contributed by atoms with Gasteiger partial charge in [-0.3, -0.25) is 4.79 Å². The van der Waals surface area contributed by atoms with Crippen LogP contribution in [0.15, 0.2) is 18.2 Å². The van der Waals surface area contributed by atoms with E-state index in [4.69, 9.17) is 4.74 Å². The molecule has 1 aliphatic rings. The summed E-state index contributed by atoms with van der Waals surface area (Å²) < 4.78 is 33.5. The Labute approximate surface area is 149 Å². The molecule has 7 nitrogen and oxygen atoms in total. The molecule has 2 N–H and O–H groups in total. The zero-order valence-electron chi connectivity index (χ0n) is 14.3.